The highest BCUT2D eigenvalue weighted by atomic mass is 15.2. The van der Waals surface area contributed by atoms with Crippen LogP contribution in [0.3, 0.4) is 0 Å². The molecule has 78 valence electrons. The van der Waals surface area contributed by atoms with Crippen LogP contribution in [0.4, 0.5) is 5.95 Å². The van der Waals surface area contributed by atoms with Gasteiger partial charge < -0.3 is 9.88 Å². The summed E-state index contributed by atoms with van der Waals surface area (Å²) >= 11 is 0. The van der Waals surface area contributed by atoms with Crippen LogP contribution in [0.5, 0.6) is 0 Å². The van der Waals surface area contributed by atoms with Crippen molar-refractivity contribution in [3.05, 3.63) is 12.4 Å². The molecule has 3 nitrogen and oxygen atoms in total. The normalized spacial score (nSPS) is 19.0. The standard InChI is InChI=1S/C11H19N3/c1-3-8-14-9-7-12-10(14)13-11(2)5-4-6-11/h7,9H,3-6,8H2,1-2H3,(H,12,13). The molecule has 1 aliphatic carbocycles. The summed E-state index contributed by atoms with van der Waals surface area (Å²) in [6, 6.07) is 0. The average Bonchev–Trinajstić information content (AvgIpc) is 2.51. The van der Waals surface area contributed by atoms with Crippen LogP contribution in [0, 0.1) is 0 Å². The van der Waals surface area contributed by atoms with E-state index in [0.29, 0.717) is 5.54 Å². The van der Waals surface area contributed by atoms with Crippen LogP contribution in [0.1, 0.15) is 39.5 Å². The molecule has 2 rings (SSSR count). The van der Waals surface area contributed by atoms with Gasteiger partial charge in [0.1, 0.15) is 0 Å². The third-order valence-corrected chi connectivity index (χ3v) is 3.05. The molecule has 0 radical (unpaired) electrons. The SMILES string of the molecule is CCCn1ccnc1NC1(C)CCC1. The minimum Gasteiger partial charge on any atom is -0.351 e. The maximum Gasteiger partial charge on any atom is 0.203 e. The molecule has 0 aromatic carbocycles. The number of nitrogens with one attached hydrogen (secondary N) is 1. The van der Waals surface area contributed by atoms with E-state index in [9.17, 15) is 0 Å². The molecular formula is C11H19N3. The van der Waals surface area contributed by atoms with E-state index in [1.807, 2.05) is 12.4 Å². The number of rotatable bonds is 4. The number of hydrogen-bond donors (Lipinski definition) is 1. The lowest BCUT2D eigenvalue weighted by Crippen LogP contribution is -2.42. The summed E-state index contributed by atoms with van der Waals surface area (Å²) in [5.41, 5.74) is 0.302. The van der Waals surface area contributed by atoms with Crippen LogP contribution in [0.2, 0.25) is 0 Å². The van der Waals surface area contributed by atoms with Crippen molar-refractivity contribution in [2.45, 2.75) is 51.6 Å². The van der Waals surface area contributed by atoms with Crippen molar-refractivity contribution in [3.8, 4) is 0 Å². The Bertz CT molecular complexity index is 299. The van der Waals surface area contributed by atoms with E-state index < -0.39 is 0 Å². The minimum atomic E-state index is 0.302. The van der Waals surface area contributed by atoms with Crippen molar-refractivity contribution in [1.82, 2.24) is 9.55 Å². The van der Waals surface area contributed by atoms with Crippen LogP contribution < -0.4 is 5.32 Å². The van der Waals surface area contributed by atoms with Gasteiger partial charge in [0.25, 0.3) is 0 Å². The molecule has 1 aliphatic rings. The molecule has 0 spiro atoms. The van der Waals surface area contributed by atoms with Crippen molar-refractivity contribution in [2.24, 2.45) is 0 Å². The van der Waals surface area contributed by atoms with E-state index >= 15 is 0 Å². The largest absolute Gasteiger partial charge is 0.351 e. The van der Waals surface area contributed by atoms with Gasteiger partial charge in [0.05, 0.1) is 0 Å². The molecule has 0 atom stereocenters. The number of nitrogens with zero attached hydrogens (tertiary/aromatic N) is 2. The Hall–Kier alpha value is -0.990. The molecule has 1 fully saturated rings. The van der Waals surface area contributed by atoms with Crippen molar-refractivity contribution in [2.75, 3.05) is 5.32 Å². The van der Waals surface area contributed by atoms with Gasteiger partial charge in [-0.3, -0.25) is 0 Å². The molecular weight excluding hydrogens is 174 g/mol. The second-order valence-electron chi connectivity index (χ2n) is 4.48. The van der Waals surface area contributed by atoms with Crippen molar-refractivity contribution < 1.29 is 0 Å². The predicted octanol–water partition coefficient (Wildman–Crippen LogP) is 2.65. The lowest BCUT2D eigenvalue weighted by Gasteiger charge is -2.39. The maximum atomic E-state index is 4.35. The van der Waals surface area contributed by atoms with Crippen LogP contribution in [-0.4, -0.2) is 15.1 Å². The summed E-state index contributed by atoms with van der Waals surface area (Å²) in [6.45, 7) is 5.52. The molecule has 0 saturated heterocycles. The Balaban J connectivity index is 2.04. The van der Waals surface area contributed by atoms with Crippen LogP contribution >= 0.6 is 0 Å². The fraction of sp³-hybridized carbons (Fsp3) is 0.727. The molecule has 1 N–H and O–H groups in total. The molecule has 0 amide bonds. The fourth-order valence-electron chi connectivity index (χ4n) is 1.96. The topological polar surface area (TPSA) is 29.9 Å². The highest BCUT2D eigenvalue weighted by molar-refractivity contribution is 5.31. The summed E-state index contributed by atoms with van der Waals surface area (Å²) in [5.74, 6) is 1.04. The first-order valence-corrected chi connectivity index (χ1v) is 5.53. The van der Waals surface area contributed by atoms with E-state index in [2.05, 4.69) is 28.7 Å². The lowest BCUT2D eigenvalue weighted by molar-refractivity contribution is 0.303. The quantitative estimate of drug-likeness (QED) is 0.796. The van der Waals surface area contributed by atoms with Crippen LogP contribution in [-0.2, 0) is 6.54 Å². The summed E-state index contributed by atoms with van der Waals surface area (Å²) in [5, 5.41) is 3.54. The smallest absolute Gasteiger partial charge is 0.203 e. The van der Waals surface area contributed by atoms with E-state index in [0.717, 1.165) is 18.9 Å². The monoisotopic (exact) mass is 193 g/mol. The van der Waals surface area contributed by atoms with Gasteiger partial charge in [-0.1, -0.05) is 6.92 Å². The van der Waals surface area contributed by atoms with Gasteiger partial charge in [-0.2, -0.15) is 0 Å². The van der Waals surface area contributed by atoms with Crippen LogP contribution in [0.15, 0.2) is 12.4 Å². The lowest BCUT2D eigenvalue weighted by atomic mass is 9.79. The van der Waals surface area contributed by atoms with E-state index in [4.69, 9.17) is 0 Å². The zero-order valence-electron chi connectivity index (χ0n) is 9.08. The van der Waals surface area contributed by atoms with Gasteiger partial charge in [0, 0.05) is 24.5 Å². The number of imidazole rings is 1. The average molecular weight is 193 g/mol. The third-order valence-electron chi connectivity index (χ3n) is 3.05. The highest BCUT2D eigenvalue weighted by Gasteiger charge is 2.32. The molecule has 0 unspecified atom stereocenters. The van der Waals surface area contributed by atoms with Gasteiger partial charge in [0.15, 0.2) is 0 Å². The van der Waals surface area contributed by atoms with E-state index in [1.165, 1.54) is 19.3 Å². The second kappa shape index (κ2) is 3.64. The zero-order chi connectivity index (χ0) is 10.0. The maximum absolute atomic E-state index is 4.35. The number of hydrogen-bond acceptors (Lipinski definition) is 2. The minimum absolute atomic E-state index is 0.302. The van der Waals surface area contributed by atoms with E-state index in [-0.39, 0.29) is 0 Å². The summed E-state index contributed by atoms with van der Waals surface area (Å²) in [4.78, 5) is 4.35. The van der Waals surface area contributed by atoms with Crippen molar-refractivity contribution in [3.63, 3.8) is 0 Å². The molecule has 1 aromatic heterocycles. The van der Waals surface area contributed by atoms with Gasteiger partial charge in [-0.05, 0) is 32.6 Å². The molecule has 3 heteroatoms. The first kappa shape index (κ1) is 9.56. The first-order chi connectivity index (χ1) is 6.73. The Morgan fingerprint density at radius 2 is 2.36 bits per heavy atom. The van der Waals surface area contributed by atoms with Crippen molar-refractivity contribution in [1.29, 1.82) is 0 Å². The fourth-order valence-corrected chi connectivity index (χ4v) is 1.96. The number of anilines is 1. The van der Waals surface area contributed by atoms with Gasteiger partial charge >= 0.3 is 0 Å². The molecule has 1 aromatic rings. The second-order valence-corrected chi connectivity index (χ2v) is 4.48. The molecule has 0 bridgehead atoms. The predicted molar refractivity (Wildman–Crippen MR) is 58.4 cm³/mol. The van der Waals surface area contributed by atoms with Gasteiger partial charge in [-0.15, -0.1) is 0 Å². The number of aryl methyl sites for hydroxylation is 1. The van der Waals surface area contributed by atoms with Crippen LogP contribution in [0.25, 0.3) is 0 Å². The van der Waals surface area contributed by atoms with E-state index in [1.54, 1.807) is 0 Å². The Labute approximate surface area is 85.5 Å². The van der Waals surface area contributed by atoms with Gasteiger partial charge in [-0.25, -0.2) is 4.98 Å². The highest BCUT2D eigenvalue weighted by Crippen LogP contribution is 2.34. The number of aromatic nitrogens is 2. The van der Waals surface area contributed by atoms with Crippen molar-refractivity contribution >= 4 is 5.95 Å². The molecule has 1 heterocycles. The third kappa shape index (κ3) is 1.76. The summed E-state index contributed by atoms with van der Waals surface area (Å²) in [7, 11) is 0. The zero-order valence-corrected chi connectivity index (χ0v) is 9.08. The Kier molecular flexibility index (Phi) is 2.48. The Morgan fingerprint density at radius 1 is 1.57 bits per heavy atom. The summed E-state index contributed by atoms with van der Waals surface area (Å²) in [6.07, 6.45) is 8.96. The molecule has 0 aliphatic heterocycles. The first-order valence-electron chi connectivity index (χ1n) is 5.53. The molecule has 14 heavy (non-hydrogen) atoms. The van der Waals surface area contributed by atoms with Gasteiger partial charge in [0.2, 0.25) is 5.95 Å². The molecule has 1 saturated carbocycles. The summed E-state index contributed by atoms with van der Waals surface area (Å²) < 4.78 is 2.20. The Morgan fingerprint density at radius 3 is 2.93 bits per heavy atom.